The lowest BCUT2D eigenvalue weighted by Crippen LogP contribution is -2.02. The van der Waals surface area contributed by atoms with Gasteiger partial charge in [-0.3, -0.25) is 0 Å². The molecule has 1 aromatic carbocycles. The molecule has 0 radical (unpaired) electrons. The van der Waals surface area contributed by atoms with Crippen LogP contribution in [0.3, 0.4) is 0 Å². The van der Waals surface area contributed by atoms with E-state index in [1.807, 2.05) is 0 Å². The van der Waals surface area contributed by atoms with Crippen molar-refractivity contribution in [2.45, 2.75) is 4.90 Å². The van der Waals surface area contributed by atoms with Gasteiger partial charge in [-0.25, -0.2) is 8.42 Å². The summed E-state index contributed by atoms with van der Waals surface area (Å²) in [6, 6.07) is 8.28. The van der Waals surface area contributed by atoms with Gasteiger partial charge in [0.1, 0.15) is 0 Å². The predicted octanol–water partition coefficient (Wildman–Crippen LogP) is 3.27. The minimum Gasteiger partial charge on any atom is -0.219 e. The van der Waals surface area contributed by atoms with E-state index in [0.29, 0.717) is 0 Å². The smallest absolute Gasteiger partial charge is 0.206 e. The standard InChI is InChI=1S/C14H14O2S/c1-3-5-10-13(9-4-2)17(15,16)14-11-7-6-8-12-14/h3-12H,1-2H2/b10-5-,13-9+. The highest BCUT2D eigenvalue weighted by Gasteiger charge is 2.17. The van der Waals surface area contributed by atoms with Crippen LogP contribution >= 0.6 is 0 Å². The van der Waals surface area contributed by atoms with Crippen molar-refractivity contribution in [3.63, 3.8) is 0 Å². The molecule has 1 aromatic rings. The van der Waals surface area contributed by atoms with Crippen LogP contribution in [-0.2, 0) is 9.84 Å². The zero-order chi connectivity index (χ0) is 12.7. The number of hydrogen-bond donors (Lipinski definition) is 0. The van der Waals surface area contributed by atoms with Gasteiger partial charge in [0.2, 0.25) is 9.84 Å². The van der Waals surface area contributed by atoms with Gasteiger partial charge in [0.25, 0.3) is 0 Å². The maximum Gasteiger partial charge on any atom is 0.206 e. The van der Waals surface area contributed by atoms with Crippen LogP contribution in [0.15, 0.2) is 83.7 Å². The van der Waals surface area contributed by atoms with Gasteiger partial charge in [-0.05, 0) is 24.3 Å². The van der Waals surface area contributed by atoms with Crippen molar-refractivity contribution in [1.29, 1.82) is 0 Å². The molecule has 0 aliphatic heterocycles. The molecule has 2 nitrogen and oxygen atoms in total. The highest BCUT2D eigenvalue weighted by atomic mass is 32.2. The van der Waals surface area contributed by atoms with E-state index in [9.17, 15) is 8.42 Å². The van der Waals surface area contributed by atoms with E-state index in [-0.39, 0.29) is 9.80 Å². The van der Waals surface area contributed by atoms with Crippen molar-refractivity contribution in [3.8, 4) is 0 Å². The average molecular weight is 246 g/mol. The summed E-state index contributed by atoms with van der Waals surface area (Å²) >= 11 is 0. The highest BCUT2D eigenvalue weighted by molar-refractivity contribution is 7.95. The summed E-state index contributed by atoms with van der Waals surface area (Å²) in [7, 11) is -3.48. The second-order valence-electron chi connectivity index (χ2n) is 3.22. The summed E-state index contributed by atoms with van der Waals surface area (Å²) in [6.45, 7) is 7.03. The molecule has 0 aromatic heterocycles. The first-order chi connectivity index (χ1) is 8.12. The van der Waals surface area contributed by atoms with Crippen molar-refractivity contribution < 1.29 is 8.42 Å². The molecule has 0 N–H and O–H groups in total. The summed E-state index contributed by atoms with van der Waals surface area (Å²) in [5.74, 6) is 0. The molecule has 0 amide bonds. The molecule has 88 valence electrons. The number of benzene rings is 1. The van der Waals surface area contributed by atoms with E-state index in [2.05, 4.69) is 13.2 Å². The third-order valence-electron chi connectivity index (χ3n) is 2.04. The molecule has 0 aliphatic rings. The second kappa shape index (κ2) is 6.01. The van der Waals surface area contributed by atoms with Gasteiger partial charge in [-0.2, -0.15) is 0 Å². The summed E-state index contributed by atoms with van der Waals surface area (Å²) in [4.78, 5) is 0.459. The van der Waals surface area contributed by atoms with Gasteiger partial charge >= 0.3 is 0 Å². The van der Waals surface area contributed by atoms with Crippen LogP contribution in [0, 0.1) is 0 Å². The quantitative estimate of drug-likeness (QED) is 0.747. The van der Waals surface area contributed by atoms with Crippen molar-refractivity contribution in [3.05, 3.63) is 78.8 Å². The largest absolute Gasteiger partial charge is 0.219 e. The molecule has 0 saturated heterocycles. The first-order valence-corrected chi connectivity index (χ1v) is 6.53. The van der Waals surface area contributed by atoms with Crippen molar-refractivity contribution in [1.82, 2.24) is 0 Å². The van der Waals surface area contributed by atoms with Gasteiger partial charge in [-0.15, -0.1) is 0 Å². The third-order valence-corrected chi connectivity index (χ3v) is 3.83. The number of sulfone groups is 1. The Kier molecular flexibility index (Phi) is 4.67. The summed E-state index contributed by atoms with van der Waals surface area (Å²) < 4.78 is 24.5. The lowest BCUT2D eigenvalue weighted by atomic mass is 10.4. The van der Waals surface area contributed by atoms with Crippen molar-refractivity contribution in [2.75, 3.05) is 0 Å². The molecule has 3 heteroatoms. The second-order valence-corrected chi connectivity index (χ2v) is 5.17. The number of rotatable bonds is 5. The van der Waals surface area contributed by atoms with E-state index >= 15 is 0 Å². The molecule has 0 unspecified atom stereocenters. The van der Waals surface area contributed by atoms with E-state index in [4.69, 9.17) is 0 Å². The van der Waals surface area contributed by atoms with Crippen LogP contribution in [0.2, 0.25) is 0 Å². The lowest BCUT2D eigenvalue weighted by Gasteiger charge is -2.04. The first-order valence-electron chi connectivity index (χ1n) is 5.05. The molecule has 0 saturated carbocycles. The lowest BCUT2D eigenvalue weighted by molar-refractivity contribution is 0.603. The molecule has 0 fully saturated rings. The van der Waals surface area contributed by atoms with Crippen molar-refractivity contribution in [2.24, 2.45) is 0 Å². The Morgan fingerprint density at radius 2 is 1.71 bits per heavy atom. The first kappa shape index (κ1) is 13.2. The fourth-order valence-corrected chi connectivity index (χ4v) is 2.57. The number of allylic oxidation sites excluding steroid dienone is 5. The van der Waals surface area contributed by atoms with Gasteiger partial charge in [0.15, 0.2) is 0 Å². The Balaban J connectivity index is 3.28. The highest BCUT2D eigenvalue weighted by Crippen LogP contribution is 2.19. The zero-order valence-corrected chi connectivity index (χ0v) is 10.2. The van der Waals surface area contributed by atoms with Crippen LogP contribution in [-0.4, -0.2) is 8.42 Å². The van der Waals surface area contributed by atoms with Crippen LogP contribution < -0.4 is 0 Å². The van der Waals surface area contributed by atoms with Crippen LogP contribution in [0.4, 0.5) is 0 Å². The third kappa shape index (κ3) is 3.29. The van der Waals surface area contributed by atoms with E-state index in [1.165, 1.54) is 24.3 Å². The Hall–Kier alpha value is -1.87. The summed E-state index contributed by atoms with van der Waals surface area (Å²) in [6.07, 6.45) is 7.51. The molecular weight excluding hydrogens is 232 g/mol. The Morgan fingerprint density at radius 1 is 1.06 bits per heavy atom. The SMILES string of the molecule is C=C/C=C\C(=C/C=C)S(=O)(=O)c1ccccc1. The molecule has 0 spiro atoms. The summed E-state index contributed by atoms with van der Waals surface area (Å²) in [5.41, 5.74) is 0. The Labute approximate surface area is 102 Å². The predicted molar refractivity (Wildman–Crippen MR) is 71.2 cm³/mol. The van der Waals surface area contributed by atoms with Crippen LogP contribution in [0.1, 0.15) is 0 Å². The molecule has 0 aliphatic carbocycles. The van der Waals surface area contributed by atoms with Crippen molar-refractivity contribution >= 4 is 9.84 Å². The average Bonchev–Trinajstić information content (AvgIpc) is 2.35. The molecule has 1 rings (SSSR count). The summed E-state index contributed by atoms with van der Waals surface area (Å²) in [5, 5.41) is 0. The molecular formula is C14H14O2S. The van der Waals surface area contributed by atoms with Gasteiger partial charge in [-0.1, -0.05) is 49.6 Å². The zero-order valence-electron chi connectivity index (χ0n) is 9.41. The van der Waals surface area contributed by atoms with Crippen LogP contribution in [0.5, 0.6) is 0 Å². The van der Waals surface area contributed by atoms with E-state index < -0.39 is 9.84 Å². The minimum atomic E-state index is -3.48. The van der Waals surface area contributed by atoms with E-state index in [1.54, 1.807) is 36.4 Å². The minimum absolute atomic E-state index is 0.193. The Morgan fingerprint density at radius 3 is 2.24 bits per heavy atom. The fraction of sp³-hybridized carbons (Fsp3) is 0. The van der Waals surface area contributed by atoms with Gasteiger partial charge < -0.3 is 0 Å². The fourth-order valence-electron chi connectivity index (χ4n) is 1.25. The number of hydrogen-bond acceptors (Lipinski definition) is 2. The molecule has 0 heterocycles. The maximum absolute atomic E-state index is 12.2. The van der Waals surface area contributed by atoms with Crippen LogP contribution in [0.25, 0.3) is 0 Å². The molecule has 17 heavy (non-hydrogen) atoms. The Bertz CT molecular complexity index is 549. The monoisotopic (exact) mass is 246 g/mol. The topological polar surface area (TPSA) is 34.1 Å². The maximum atomic E-state index is 12.2. The molecule has 0 bridgehead atoms. The molecule has 0 atom stereocenters. The van der Waals surface area contributed by atoms with Gasteiger partial charge in [0.05, 0.1) is 9.80 Å². The normalized spacial score (nSPS) is 12.6. The van der Waals surface area contributed by atoms with E-state index in [0.717, 1.165) is 0 Å². The van der Waals surface area contributed by atoms with Gasteiger partial charge in [0, 0.05) is 0 Å².